The molecule has 0 saturated heterocycles. The van der Waals surface area contributed by atoms with Gasteiger partial charge in [0.15, 0.2) is 0 Å². The molecule has 1 aromatic rings. The summed E-state index contributed by atoms with van der Waals surface area (Å²) in [4.78, 5) is 3.13. The van der Waals surface area contributed by atoms with Crippen LogP contribution < -0.4 is 11.5 Å². The fraction of sp³-hybridized carbons (Fsp3) is 0.286. The fourth-order valence-corrected chi connectivity index (χ4v) is 0.928. The zero-order valence-corrected chi connectivity index (χ0v) is 6.60. The minimum atomic E-state index is -2.97. The summed E-state index contributed by atoms with van der Waals surface area (Å²) in [6.07, 6.45) is -1.92. The van der Waals surface area contributed by atoms with Crippen molar-refractivity contribution in [2.24, 2.45) is 5.73 Å². The lowest BCUT2D eigenvalue weighted by molar-refractivity contribution is 0.146. The molecule has 0 atom stereocenters. The fourth-order valence-electron chi connectivity index (χ4n) is 0.928. The van der Waals surface area contributed by atoms with Gasteiger partial charge in [0.05, 0.1) is 11.3 Å². The lowest BCUT2D eigenvalue weighted by atomic mass is 10.1. The number of nitrogen functional groups attached to an aromatic ring is 1. The van der Waals surface area contributed by atoms with Crippen LogP contribution in [0, 0.1) is 5.95 Å². The monoisotopic (exact) mass is 191 g/mol. The second-order valence-electron chi connectivity index (χ2n) is 2.41. The summed E-state index contributed by atoms with van der Waals surface area (Å²) in [5, 5.41) is 0. The van der Waals surface area contributed by atoms with Crippen molar-refractivity contribution >= 4 is 5.69 Å². The molecule has 0 aliphatic carbocycles. The third-order valence-electron chi connectivity index (χ3n) is 1.63. The highest BCUT2D eigenvalue weighted by molar-refractivity contribution is 5.52. The van der Waals surface area contributed by atoms with Gasteiger partial charge in [-0.15, -0.1) is 0 Å². The van der Waals surface area contributed by atoms with E-state index in [9.17, 15) is 13.2 Å². The second kappa shape index (κ2) is 3.61. The average Bonchev–Trinajstić information content (AvgIpc) is 2.04. The molecule has 13 heavy (non-hydrogen) atoms. The van der Waals surface area contributed by atoms with Gasteiger partial charge in [-0.05, 0) is 0 Å². The zero-order chi connectivity index (χ0) is 10.0. The first-order chi connectivity index (χ1) is 6.07. The summed E-state index contributed by atoms with van der Waals surface area (Å²) >= 11 is 0. The molecule has 0 radical (unpaired) electrons. The van der Waals surface area contributed by atoms with Gasteiger partial charge >= 0.3 is 0 Å². The van der Waals surface area contributed by atoms with Crippen LogP contribution >= 0.6 is 0 Å². The number of aromatic nitrogens is 1. The number of nitrogens with zero attached hydrogens (tertiary/aromatic N) is 1. The minimum absolute atomic E-state index is 0.0428. The molecule has 0 bridgehead atoms. The summed E-state index contributed by atoms with van der Waals surface area (Å²) in [5.41, 5.74) is 9.47. The van der Waals surface area contributed by atoms with E-state index in [0.717, 1.165) is 6.20 Å². The summed E-state index contributed by atoms with van der Waals surface area (Å²) in [6, 6.07) is 0. The first kappa shape index (κ1) is 9.79. The van der Waals surface area contributed by atoms with Gasteiger partial charge in [0, 0.05) is 18.3 Å². The van der Waals surface area contributed by atoms with Crippen molar-refractivity contribution in [3.05, 3.63) is 23.3 Å². The average molecular weight is 191 g/mol. The third-order valence-corrected chi connectivity index (χ3v) is 1.63. The minimum Gasteiger partial charge on any atom is -0.398 e. The van der Waals surface area contributed by atoms with Crippen molar-refractivity contribution in [1.82, 2.24) is 4.98 Å². The van der Waals surface area contributed by atoms with E-state index in [0.29, 0.717) is 0 Å². The number of alkyl halides is 2. The van der Waals surface area contributed by atoms with E-state index in [2.05, 4.69) is 4.98 Å². The molecule has 1 aromatic heterocycles. The van der Waals surface area contributed by atoms with E-state index in [1.807, 2.05) is 0 Å². The van der Waals surface area contributed by atoms with Gasteiger partial charge in [-0.25, -0.2) is 13.8 Å². The van der Waals surface area contributed by atoms with Crippen molar-refractivity contribution in [2.75, 3.05) is 5.73 Å². The van der Waals surface area contributed by atoms with Crippen LogP contribution in [0.4, 0.5) is 18.9 Å². The van der Waals surface area contributed by atoms with E-state index >= 15 is 0 Å². The molecule has 4 N–H and O–H groups in total. The zero-order valence-electron chi connectivity index (χ0n) is 6.60. The Balaban J connectivity index is 3.30. The molecule has 0 unspecified atom stereocenters. The Labute approximate surface area is 72.6 Å². The van der Waals surface area contributed by atoms with Gasteiger partial charge in [0.2, 0.25) is 5.95 Å². The molecule has 0 aliphatic rings. The first-order valence-electron chi connectivity index (χ1n) is 3.49. The van der Waals surface area contributed by atoms with Crippen LogP contribution in [0.5, 0.6) is 0 Å². The number of nitrogens with two attached hydrogens (primary N) is 2. The molecular formula is C7H8F3N3. The molecule has 1 rings (SSSR count). The van der Waals surface area contributed by atoms with Crippen LogP contribution in [-0.4, -0.2) is 4.98 Å². The van der Waals surface area contributed by atoms with E-state index < -0.39 is 17.9 Å². The SMILES string of the molecule is NCc1cnc(F)c(C(F)F)c1N. The quantitative estimate of drug-likeness (QED) is 0.690. The topological polar surface area (TPSA) is 64.9 Å². The van der Waals surface area contributed by atoms with Crippen LogP contribution in [0.2, 0.25) is 0 Å². The number of anilines is 1. The molecule has 0 aromatic carbocycles. The maximum atomic E-state index is 12.7. The number of pyridine rings is 1. The van der Waals surface area contributed by atoms with Crippen molar-refractivity contribution in [1.29, 1.82) is 0 Å². The van der Waals surface area contributed by atoms with Gasteiger partial charge in [-0.3, -0.25) is 0 Å². The molecule has 6 heteroatoms. The molecule has 0 aliphatic heterocycles. The number of rotatable bonds is 2. The first-order valence-corrected chi connectivity index (χ1v) is 3.49. The van der Waals surface area contributed by atoms with Crippen LogP contribution in [-0.2, 0) is 6.54 Å². The van der Waals surface area contributed by atoms with Crippen LogP contribution in [0.15, 0.2) is 6.20 Å². The predicted octanol–water partition coefficient (Wildman–Crippen LogP) is 1.20. The van der Waals surface area contributed by atoms with Gasteiger partial charge in [0.1, 0.15) is 0 Å². The molecule has 3 nitrogen and oxygen atoms in total. The van der Waals surface area contributed by atoms with Gasteiger partial charge in [0.25, 0.3) is 6.43 Å². The van der Waals surface area contributed by atoms with Crippen LogP contribution in [0.25, 0.3) is 0 Å². The third kappa shape index (κ3) is 1.72. The summed E-state index contributed by atoms with van der Waals surface area (Å²) < 4.78 is 37.1. The summed E-state index contributed by atoms with van der Waals surface area (Å²) in [7, 11) is 0. The number of hydrogen-bond donors (Lipinski definition) is 2. The van der Waals surface area contributed by atoms with Crippen molar-refractivity contribution in [3.8, 4) is 0 Å². The predicted molar refractivity (Wildman–Crippen MR) is 41.5 cm³/mol. The van der Waals surface area contributed by atoms with E-state index in [4.69, 9.17) is 11.5 Å². The Morgan fingerprint density at radius 3 is 2.54 bits per heavy atom. The highest BCUT2D eigenvalue weighted by atomic mass is 19.3. The van der Waals surface area contributed by atoms with Crippen molar-refractivity contribution in [2.45, 2.75) is 13.0 Å². The standard InChI is InChI=1S/C7H8F3N3/c8-6(9)4-5(12)3(1-11)2-13-7(4)10/h2,6H,1,11H2,(H2,12,13). The van der Waals surface area contributed by atoms with Crippen LogP contribution in [0.1, 0.15) is 17.6 Å². The number of halogens is 3. The molecule has 0 saturated carbocycles. The maximum absolute atomic E-state index is 12.7. The lowest BCUT2D eigenvalue weighted by Crippen LogP contribution is -2.08. The molecule has 0 spiro atoms. The lowest BCUT2D eigenvalue weighted by Gasteiger charge is -2.08. The smallest absolute Gasteiger partial charge is 0.270 e. The Hall–Kier alpha value is -1.30. The van der Waals surface area contributed by atoms with Crippen molar-refractivity contribution < 1.29 is 13.2 Å². The van der Waals surface area contributed by atoms with Crippen molar-refractivity contribution in [3.63, 3.8) is 0 Å². The number of hydrogen-bond acceptors (Lipinski definition) is 3. The van der Waals surface area contributed by atoms with Crippen LogP contribution in [0.3, 0.4) is 0 Å². The van der Waals surface area contributed by atoms with E-state index in [1.54, 1.807) is 0 Å². The Kier molecular flexibility index (Phi) is 2.72. The highest BCUT2D eigenvalue weighted by Gasteiger charge is 2.20. The van der Waals surface area contributed by atoms with Gasteiger partial charge in [-0.1, -0.05) is 0 Å². The summed E-state index contributed by atoms with van der Waals surface area (Å²) in [6.45, 7) is -0.0428. The second-order valence-corrected chi connectivity index (χ2v) is 2.41. The molecular weight excluding hydrogens is 183 g/mol. The van der Waals surface area contributed by atoms with Gasteiger partial charge < -0.3 is 11.5 Å². The largest absolute Gasteiger partial charge is 0.398 e. The Morgan fingerprint density at radius 2 is 2.08 bits per heavy atom. The normalized spacial score (nSPS) is 10.8. The maximum Gasteiger partial charge on any atom is 0.270 e. The molecule has 0 fully saturated rings. The van der Waals surface area contributed by atoms with Gasteiger partial charge in [-0.2, -0.15) is 4.39 Å². The molecule has 1 heterocycles. The molecule has 0 amide bonds. The Morgan fingerprint density at radius 1 is 1.46 bits per heavy atom. The highest BCUT2D eigenvalue weighted by Crippen LogP contribution is 2.28. The van der Waals surface area contributed by atoms with E-state index in [-0.39, 0.29) is 17.8 Å². The van der Waals surface area contributed by atoms with E-state index in [1.165, 1.54) is 0 Å². The molecule has 72 valence electrons. The Bertz CT molecular complexity index is 314. The summed E-state index contributed by atoms with van der Waals surface area (Å²) in [5.74, 6) is -1.25.